The summed E-state index contributed by atoms with van der Waals surface area (Å²) in [5, 5.41) is 0.0366. The summed E-state index contributed by atoms with van der Waals surface area (Å²) in [6.45, 7) is 5.48. The third kappa shape index (κ3) is 5.19. The van der Waals surface area contributed by atoms with Gasteiger partial charge in [-0.05, 0) is 37.3 Å². The molecule has 0 radical (unpaired) electrons. The Morgan fingerprint density at radius 3 is 2.23 bits per heavy atom. The Kier molecular flexibility index (Phi) is 8.00. The number of rotatable bonds is 8. The molecular formula is C21H25ClN2O5S. The minimum Gasteiger partial charge on any atom is -0.449 e. The molecule has 0 saturated heterocycles. The summed E-state index contributed by atoms with van der Waals surface area (Å²) < 4.78 is 32.0. The number of carbonyl (C=O) groups is 2. The number of para-hydroxylation sites is 1. The van der Waals surface area contributed by atoms with Crippen molar-refractivity contribution in [3.63, 3.8) is 0 Å². The van der Waals surface area contributed by atoms with Gasteiger partial charge in [0.25, 0.3) is 5.91 Å². The molecule has 0 aromatic heterocycles. The van der Waals surface area contributed by atoms with Crippen LogP contribution < -0.4 is 4.90 Å². The number of nitrogens with zero attached hydrogens (tertiary/aromatic N) is 2. The lowest BCUT2D eigenvalue weighted by Gasteiger charge is -2.22. The van der Waals surface area contributed by atoms with Crippen molar-refractivity contribution in [1.29, 1.82) is 0 Å². The molecule has 0 unspecified atom stereocenters. The van der Waals surface area contributed by atoms with Crippen molar-refractivity contribution in [1.82, 2.24) is 4.31 Å². The molecule has 0 aliphatic heterocycles. The summed E-state index contributed by atoms with van der Waals surface area (Å²) in [4.78, 5) is 26.6. The lowest BCUT2D eigenvalue weighted by Crippen LogP contribution is -2.37. The van der Waals surface area contributed by atoms with E-state index in [-0.39, 0.29) is 15.5 Å². The second-order valence-corrected chi connectivity index (χ2v) is 8.86. The molecule has 0 aliphatic carbocycles. The third-order valence-electron chi connectivity index (χ3n) is 4.61. The minimum absolute atomic E-state index is 0.0366. The topological polar surface area (TPSA) is 84.0 Å². The van der Waals surface area contributed by atoms with Gasteiger partial charge in [-0.2, -0.15) is 4.31 Å². The normalized spacial score (nSPS) is 12.5. The van der Waals surface area contributed by atoms with Crippen molar-refractivity contribution in [2.75, 3.05) is 25.0 Å². The highest BCUT2D eigenvalue weighted by Crippen LogP contribution is 2.24. The van der Waals surface area contributed by atoms with Crippen LogP contribution in [-0.2, 0) is 19.6 Å². The molecule has 2 rings (SSSR count). The molecule has 0 aliphatic rings. The van der Waals surface area contributed by atoms with E-state index in [1.165, 1.54) is 34.3 Å². The van der Waals surface area contributed by atoms with Crippen LogP contribution >= 0.6 is 11.6 Å². The van der Waals surface area contributed by atoms with Gasteiger partial charge >= 0.3 is 5.97 Å². The number of halogens is 1. The number of likely N-dealkylation sites (N-methyl/N-ethyl adjacent to an activating group) is 1. The van der Waals surface area contributed by atoms with Crippen molar-refractivity contribution >= 4 is 39.2 Å². The van der Waals surface area contributed by atoms with Crippen LogP contribution in [0.3, 0.4) is 0 Å². The van der Waals surface area contributed by atoms with E-state index in [9.17, 15) is 18.0 Å². The molecule has 1 amide bonds. The van der Waals surface area contributed by atoms with Gasteiger partial charge in [0, 0.05) is 25.8 Å². The van der Waals surface area contributed by atoms with Crippen LogP contribution in [0.4, 0.5) is 5.69 Å². The minimum atomic E-state index is -3.78. The molecular weight excluding hydrogens is 428 g/mol. The average molecular weight is 453 g/mol. The van der Waals surface area contributed by atoms with Crippen LogP contribution in [0.25, 0.3) is 0 Å². The predicted molar refractivity (Wildman–Crippen MR) is 116 cm³/mol. The summed E-state index contributed by atoms with van der Waals surface area (Å²) in [7, 11) is -2.20. The number of benzene rings is 2. The maximum atomic E-state index is 12.7. The summed E-state index contributed by atoms with van der Waals surface area (Å²) >= 11 is 6.11. The van der Waals surface area contributed by atoms with E-state index in [1.807, 2.05) is 6.07 Å². The summed E-state index contributed by atoms with van der Waals surface area (Å²) in [6.07, 6.45) is -1.10. The van der Waals surface area contributed by atoms with E-state index in [0.29, 0.717) is 18.8 Å². The van der Waals surface area contributed by atoms with Crippen LogP contribution in [0, 0.1) is 0 Å². The number of ether oxygens (including phenoxy) is 1. The maximum Gasteiger partial charge on any atom is 0.340 e. The van der Waals surface area contributed by atoms with E-state index in [2.05, 4.69) is 0 Å². The Morgan fingerprint density at radius 1 is 1.07 bits per heavy atom. The highest BCUT2D eigenvalue weighted by Gasteiger charge is 2.27. The zero-order valence-electron chi connectivity index (χ0n) is 17.3. The van der Waals surface area contributed by atoms with Crippen LogP contribution in [0.5, 0.6) is 0 Å². The second-order valence-electron chi connectivity index (χ2n) is 6.51. The van der Waals surface area contributed by atoms with Crippen molar-refractivity contribution in [2.24, 2.45) is 0 Å². The first-order chi connectivity index (χ1) is 14.1. The first kappa shape index (κ1) is 23.9. The zero-order valence-corrected chi connectivity index (χ0v) is 18.9. The third-order valence-corrected chi connectivity index (χ3v) is 6.98. The quantitative estimate of drug-likeness (QED) is 0.571. The van der Waals surface area contributed by atoms with Crippen molar-refractivity contribution in [3.8, 4) is 0 Å². The fraction of sp³-hybridized carbons (Fsp3) is 0.333. The van der Waals surface area contributed by atoms with Gasteiger partial charge in [0.05, 0.1) is 15.5 Å². The SMILES string of the molecule is CCN(CC)S(=O)(=O)c1ccc(Cl)c(C(=O)O[C@H](C)C(=O)N(C)c2ccccc2)c1. The second kappa shape index (κ2) is 10.1. The molecule has 2 aromatic carbocycles. The smallest absolute Gasteiger partial charge is 0.340 e. The maximum absolute atomic E-state index is 12.7. The molecule has 9 heteroatoms. The van der Waals surface area contributed by atoms with Crippen molar-refractivity contribution in [2.45, 2.75) is 31.8 Å². The molecule has 1 atom stereocenters. The molecule has 0 fully saturated rings. The standard InChI is InChI=1S/C21H25ClN2O5S/c1-5-24(6-2)30(27,28)17-12-13-19(22)18(14-17)21(26)29-15(3)20(25)23(4)16-10-8-7-9-11-16/h7-15H,5-6H2,1-4H3/t15-/m1/s1. The van der Waals surface area contributed by atoms with Gasteiger partial charge in [-0.1, -0.05) is 43.6 Å². The number of amides is 1. The predicted octanol–water partition coefficient (Wildman–Crippen LogP) is 3.58. The number of hydrogen-bond donors (Lipinski definition) is 0. The zero-order chi connectivity index (χ0) is 22.5. The summed E-state index contributed by atoms with van der Waals surface area (Å²) in [6, 6.07) is 12.8. The van der Waals surface area contributed by atoms with Gasteiger partial charge in [-0.15, -0.1) is 0 Å². The summed E-state index contributed by atoms with van der Waals surface area (Å²) in [5.41, 5.74) is 0.530. The van der Waals surface area contributed by atoms with E-state index in [4.69, 9.17) is 16.3 Å². The van der Waals surface area contributed by atoms with Crippen LogP contribution in [0.15, 0.2) is 53.4 Å². The Balaban J connectivity index is 2.23. The number of carbonyl (C=O) groups excluding carboxylic acids is 2. The van der Waals surface area contributed by atoms with E-state index < -0.39 is 28.0 Å². The molecule has 0 heterocycles. The number of sulfonamides is 1. The molecule has 7 nitrogen and oxygen atoms in total. The van der Waals surface area contributed by atoms with Gasteiger partial charge in [-0.25, -0.2) is 13.2 Å². The van der Waals surface area contributed by atoms with Crippen LogP contribution in [0.2, 0.25) is 5.02 Å². The van der Waals surface area contributed by atoms with Gasteiger partial charge in [0.15, 0.2) is 6.10 Å². The highest BCUT2D eigenvalue weighted by molar-refractivity contribution is 7.89. The number of hydrogen-bond acceptors (Lipinski definition) is 5. The van der Waals surface area contributed by atoms with Crippen LogP contribution in [0.1, 0.15) is 31.1 Å². The van der Waals surface area contributed by atoms with E-state index >= 15 is 0 Å². The van der Waals surface area contributed by atoms with Gasteiger partial charge in [-0.3, -0.25) is 4.79 Å². The molecule has 0 saturated carbocycles. The van der Waals surface area contributed by atoms with Crippen molar-refractivity contribution in [3.05, 3.63) is 59.1 Å². The Hall–Kier alpha value is -2.42. The Morgan fingerprint density at radius 2 is 1.67 bits per heavy atom. The molecule has 30 heavy (non-hydrogen) atoms. The number of esters is 1. The van der Waals surface area contributed by atoms with Crippen LogP contribution in [-0.4, -0.2) is 50.8 Å². The molecule has 0 spiro atoms. The Bertz CT molecular complexity index is 1010. The molecule has 2 aromatic rings. The first-order valence-electron chi connectivity index (χ1n) is 9.46. The van der Waals surface area contributed by atoms with Gasteiger partial charge < -0.3 is 9.64 Å². The fourth-order valence-corrected chi connectivity index (χ4v) is 4.54. The van der Waals surface area contributed by atoms with Gasteiger partial charge in [0.2, 0.25) is 10.0 Å². The lowest BCUT2D eigenvalue weighted by atomic mass is 10.2. The van der Waals surface area contributed by atoms with Crippen molar-refractivity contribution < 1.29 is 22.7 Å². The first-order valence-corrected chi connectivity index (χ1v) is 11.3. The van der Waals surface area contributed by atoms with E-state index in [1.54, 1.807) is 45.2 Å². The number of anilines is 1. The molecule has 162 valence electrons. The summed E-state index contributed by atoms with van der Waals surface area (Å²) in [5.74, 6) is -1.31. The van der Waals surface area contributed by atoms with E-state index in [0.717, 1.165) is 0 Å². The average Bonchev–Trinajstić information content (AvgIpc) is 2.73. The Labute approximate surface area is 182 Å². The molecule has 0 N–H and O–H groups in total. The largest absolute Gasteiger partial charge is 0.449 e. The van der Waals surface area contributed by atoms with Gasteiger partial charge in [0.1, 0.15) is 0 Å². The fourth-order valence-electron chi connectivity index (χ4n) is 2.86. The highest BCUT2D eigenvalue weighted by atomic mass is 35.5. The lowest BCUT2D eigenvalue weighted by molar-refractivity contribution is -0.126. The monoisotopic (exact) mass is 452 g/mol. The molecule has 0 bridgehead atoms.